The zero-order valence-electron chi connectivity index (χ0n) is 21.3. The van der Waals surface area contributed by atoms with Crippen molar-refractivity contribution in [1.82, 2.24) is 14.9 Å². The quantitative estimate of drug-likeness (QED) is 0.455. The van der Waals surface area contributed by atoms with Crippen molar-refractivity contribution in [3.8, 4) is 11.9 Å². The van der Waals surface area contributed by atoms with Crippen LogP contribution in [0.15, 0.2) is 60.3 Å². The van der Waals surface area contributed by atoms with Gasteiger partial charge in [0.05, 0.1) is 10.4 Å². The van der Waals surface area contributed by atoms with Crippen LogP contribution in [0.2, 0.25) is 5.02 Å². The Labute approximate surface area is 233 Å². The smallest absolute Gasteiger partial charge is 0.225 e. The third-order valence-electron chi connectivity index (χ3n) is 7.81. The molecular weight excluding hydrogens is 521 g/mol. The number of carbonyl (C=O) groups excluding carboxylic acids is 1. The van der Waals surface area contributed by atoms with Gasteiger partial charge in [-0.3, -0.25) is 4.79 Å². The minimum absolute atomic E-state index is 0.0109. The van der Waals surface area contributed by atoms with E-state index in [1.54, 1.807) is 24.4 Å². The van der Waals surface area contributed by atoms with Crippen molar-refractivity contribution < 1.29 is 9.53 Å². The fourth-order valence-corrected chi connectivity index (χ4v) is 5.98. The lowest BCUT2D eigenvalue weighted by molar-refractivity contribution is -0.135. The molecule has 9 heteroatoms. The predicted molar refractivity (Wildman–Crippen MR) is 148 cm³/mol. The average Bonchev–Trinajstić information content (AvgIpc) is 3.40. The van der Waals surface area contributed by atoms with Crippen molar-refractivity contribution in [3.05, 3.63) is 71.0 Å². The Hall–Kier alpha value is -3.08. The Bertz CT molecular complexity index is 1250. The molecule has 38 heavy (non-hydrogen) atoms. The topological polar surface area (TPSA) is 82.4 Å². The molecule has 2 saturated heterocycles. The lowest BCUT2D eigenvalue weighted by Gasteiger charge is -2.34. The number of piperidine rings is 1. The van der Waals surface area contributed by atoms with Crippen LogP contribution >= 0.6 is 23.2 Å². The molecule has 4 unspecified atom stereocenters. The maximum Gasteiger partial charge on any atom is 0.225 e. The average molecular weight is 553 g/mol. The fourth-order valence-electron chi connectivity index (χ4n) is 5.71. The number of rotatable bonds is 6. The van der Waals surface area contributed by atoms with E-state index in [0.29, 0.717) is 29.7 Å². The van der Waals surface area contributed by atoms with Gasteiger partial charge in [0.25, 0.3) is 0 Å². The molecule has 1 aliphatic carbocycles. The van der Waals surface area contributed by atoms with Crippen LogP contribution in [-0.2, 0) is 4.79 Å². The highest BCUT2D eigenvalue weighted by Crippen LogP contribution is 2.37. The summed E-state index contributed by atoms with van der Waals surface area (Å²) in [5.41, 5.74) is 1.63. The Kier molecular flexibility index (Phi) is 8.21. The largest absolute Gasteiger partial charge is 0.474 e. The third kappa shape index (κ3) is 5.98. The van der Waals surface area contributed by atoms with Gasteiger partial charge >= 0.3 is 0 Å². The van der Waals surface area contributed by atoms with Gasteiger partial charge < -0.3 is 14.5 Å². The zero-order valence-corrected chi connectivity index (χ0v) is 22.9. The first-order chi connectivity index (χ1) is 18.4. The molecule has 4 heterocycles. The van der Waals surface area contributed by atoms with Crippen LogP contribution in [0.1, 0.15) is 31.9 Å². The number of allylic oxidation sites excluding steroid dienone is 3. The number of aromatic nitrogens is 2. The Balaban J connectivity index is 1.26. The Morgan fingerprint density at radius 2 is 2.03 bits per heavy atom. The van der Waals surface area contributed by atoms with Crippen LogP contribution in [-0.4, -0.2) is 58.4 Å². The summed E-state index contributed by atoms with van der Waals surface area (Å²) in [6, 6.07) is 11.1. The molecule has 0 radical (unpaired) electrons. The molecule has 0 bridgehead atoms. The van der Waals surface area contributed by atoms with Gasteiger partial charge in [0, 0.05) is 56.2 Å². The molecule has 4 atom stereocenters. The van der Waals surface area contributed by atoms with E-state index < -0.39 is 0 Å². The summed E-state index contributed by atoms with van der Waals surface area (Å²) in [7, 11) is 0. The lowest BCUT2D eigenvalue weighted by Crippen LogP contribution is -2.42. The maximum atomic E-state index is 13.7. The zero-order chi connectivity index (χ0) is 26.6. The lowest BCUT2D eigenvalue weighted by atomic mass is 9.83. The Morgan fingerprint density at radius 1 is 1.21 bits per heavy atom. The number of carbonyl (C=O) groups is 1. The van der Waals surface area contributed by atoms with Gasteiger partial charge in [-0.1, -0.05) is 35.9 Å². The van der Waals surface area contributed by atoms with E-state index in [4.69, 9.17) is 33.2 Å². The number of nitrogens with zero attached hydrogens (tertiary/aromatic N) is 5. The second-order valence-electron chi connectivity index (χ2n) is 10.2. The van der Waals surface area contributed by atoms with Crippen LogP contribution < -0.4 is 9.64 Å². The minimum atomic E-state index is -0.144. The summed E-state index contributed by atoms with van der Waals surface area (Å²) in [5.74, 6) is 1.80. The van der Waals surface area contributed by atoms with Crippen molar-refractivity contribution in [3.63, 3.8) is 0 Å². The number of hydrogen-bond acceptors (Lipinski definition) is 6. The molecule has 0 N–H and O–H groups in total. The van der Waals surface area contributed by atoms with E-state index in [0.717, 1.165) is 38.2 Å². The van der Waals surface area contributed by atoms with E-state index in [1.165, 1.54) is 5.57 Å². The van der Waals surface area contributed by atoms with E-state index >= 15 is 0 Å². The van der Waals surface area contributed by atoms with Crippen molar-refractivity contribution >= 4 is 34.9 Å². The second-order valence-corrected chi connectivity index (χ2v) is 11.2. The molecule has 1 amide bonds. The molecule has 2 aromatic heterocycles. The van der Waals surface area contributed by atoms with Gasteiger partial charge in [-0.25, -0.2) is 9.97 Å². The fraction of sp³-hybridized carbons (Fsp3) is 0.448. The first-order valence-corrected chi connectivity index (χ1v) is 13.9. The van der Waals surface area contributed by atoms with Crippen LogP contribution in [0, 0.1) is 29.1 Å². The number of amides is 1. The van der Waals surface area contributed by atoms with Gasteiger partial charge in [0.1, 0.15) is 23.7 Å². The van der Waals surface area contributed by atoms with Crippen LogP contribution in [0.3, 0.4) is 0 Å². The van der Waals surface area contributed by atoms with Crippen LogP contribution in [0.5, 0.6) is 5.88 Å². The summed E-state index contributed by atoms with van der Waals surface area (Å²) < 4.78 is 6.23. The van der Waals surface area contributed by atoms with E-state index in [1.807, 2.05) is 23.1 Å². The van der Waals surface area contributed by atoms with E-state index in [2.05, 4.69) is 40.0 Å². The summed E-state index contributed by atoms with van der Waals surface area (Å²) in [4.78, 5) is 26.6. The van der Waals surface area contributed by atoms with E-state index in [9.17, 15) is 4.79 Å². The monoisotopic (exact) mass is 551 g/mol. The molecule has 2 aromatic rings. The maximum absolute atomic E-state index is 13.7. The number of pyridine rings is 2. The van der Waals surface area contributed by atoms with Gasteiger partial charge in [0.2, 0.25) is 11.8 Å². The molecule has 7 nitrogen and oxygen atoms in total. The Morgan fingerprint density at radius 3 is 2.71 bits per heavy atom. The highest BCUT2D eigenvalue weighted by atomic mass is 35.5. The number of nitriles is 1. The van der Waals surface area contributed by atoms with Crippen LogP contribution in [0.4, 0.5) is 5.82 Å². The third-order valence-corrected chi connectivity index (χ3v) is 8.36. The SMILES string of the molecule is CC(Oc1ccc(Cl)cn1)C1CN(C(=O)C2CCN(c3cccc(C#N)n3)CC2)CC1C1=CCC(Cl)C=C1. The van der Waals surface area contributed by atoms with Gasteiger partial charge in [-0.05, 0) is 50.0 Å². The minimum Gasteiger partial charge on any atom is -0.474 e. The number of anilines is 1. The molecular formula is C29H31Cl2N5O2. The molecule has 5 rings (SSSR count). The number of hydrogen-bond donors (Lipinski definition) is 0. The molecule has 0 spiro atoms. The van der Waals surface area contributed by atoms with Crippen molar-refractivity contribution in [2.24, 2.45) is 17.8 Å². The standard InChI is InChI=1S/C29H31Cl2N5O2/c1-19(38-28-10-9-23(31)16-33-28)25-17-36(18-26(25)20-5-7-22(30)8-6-20)29(37)21-11-13-35(14-12-21)27-4-2-3-24(15-32)34-27/h2-7,9-10,16,19,21-22,25-26H,8,11-14,17-18H2,1H3. The number of alkyl halides is 1. The molecule has 198 valence electrons. The first kappa shape index (κ1) is 26.5. The van der Waals surface area contributed by atoms with Crippen LogP contribution in [0.25, 0.3) is 0 Å². The molecule has 0 saturated carbocycles. The van der Waals surface area contributed by atoms with Crippen molar-refractivity contribution in [1.29, 1.82) is 5.26 Å². The summed E-state index contributed by atoms with van der Waals surface area (Å²) >= 11 is 12.3. The first-order valence-electron chi connectivity index (χ1n) is 13.1. The highest BCUT2D eigenvalue weighted by molar-refractivity contribution is 6.30. The van der Waals surface area contributed by atoms with Gasteiger partial charge in [-0.2, -0.15) is 5.26 Å². The summed E-state index contributed by atoms with van der Waals surface area (Å²) in [6.45, 7) is 4.85. The number of halogens is 2. The normalized spacial score (nSPS) is 24.6. The van der Waals surface area contributed by atoms with Crippen molar-refractivity contribution in [2.75, 3.05) is 31.1 Å². The summed E-state index contributed by atoms with van der Waals surface area (Å²) in [6.07, 6.45) is 10.1. The molecule has 3 aliphatic rings. The van der Waals surface area contributed by atoms with E-state index in [-0.39, 0.29) is 35.1 Å². The second kappa shape index (κ2) is 11.8. The summed E-state index contributed by atoms with van der Waals surface area (Å²) in [5, 5.41) is 9.74. The molecule has 2 fully saturated rings. The van der Waals surface area contributed by atoms with Gasteiger partial charge in [-0.15, -0.1) is 11.6 Å². The van der Waals surface area contributed by atoms with Crippen molar-refractivity contribution in [2.45, 2.75) is 37.7 Å². The number of ether oxygens (including phenoxy) is 1. The highest BCUT2D eigenvalue weighted by Gasteiger charge is 2.42. The molecule has 0 aromatic carbocycles. The predicted octanol–water partition coefficient (Wildman–Crippen LogP) is 5.25. The van der Waals surface area contributed by atoms with Gasteiger partial charge in [0.15, 0.2) is 0 Å². The molecule has 2 aliphatic heterocycles. The number of likely N-dealkylation sites (tertiary alicyclic amines) is 1.